The fraction of sp³-hybridized carbons (Fsp3) is 1.00. The molecule has 116 valence electrons. The first-order valence-electron chi connectivity index (χ1n) is 8.90. The molecule has 0 saturated carbocycles. The van der Waals surface area contributed by atoms with E-state index in [-0.39, 0.29) is 0 Å². The molecule has 3 rings (SSSR count). The monoisotopic (exact) mass is 279 g/mol. The molecule has 3 nitrogen and oxygen atoms in total. The van der Waals surface area contributed by atoms with Crippen LogP contribution in [0.5, 0.6) is 0 Å². The molecule has 0 aromatic heterocycles. The van der Waals surface area contributed by atoms with Crippen molar-refractivity contribution in [2.75, 3.05) is 20.1 Å². The van der Waals surface area contributed by atoms with E-state index >= 15 is 0 Å². The number of hydrogen-bond acceptors (Lipinski definition) is 3. The summed E-state index contributed by atoms with van der Waals surface area (Å²) >= 11 is 0. The Morgan fingerprint density at radius 2 is 1.70 bits per heavy atom. The van der Waals surface area contributed by atoms with E-state index < -0.39 is 0 Å². The Morgan fingerprint density at radius 3 is 2.30 bits per heavy atom. The molecule has 3 fully saturated rings. The van der Waals surface area contributed by atoms with Crippen molar-refractivity contribution in [3.8, 4) is 0 Å². The van der Waals surface area contributed by atoms with Gasteiger partial charge in [-0.25, -0.2) is 0 Å². The fourth-order valence-electron chi connectivity index (χ4n) is 5.06. The van der Waals surface area contributed by atoms with Crippen LogP contribution in [0.25, 0.3) is 0 Å². The quantitative estimate of drug-likeness (QED) is 0.856. The first-order chi connectivity index (χ1) is 9.69. The summed E-state index contributed by atoms with van der Waals surface area (Å²) in [5.74, 6) is 0. The van der Waals surface area contributed by atoms with Crippen molar-refractivity contribution in [3.63, 3.8) is 0 Å². The predicted octanol–water partition coefficient (Wildman–Crippen LogP) is 2.46. The van der Waals surface area contributed by atoms with Crippen LogP contribution in [-0.4, -0.2) is 60.1 Å². The van der Waals surface area contributed by atoms with Crippen LogP contribution in [0.1, 0.15) is 58.8 Å². The molecule has 3 aliphatic rings. The highest BCUT2D eigenvalue weighted by Crippen LogP contribution is 2.36. The van der Waals surface area contributed by atoms with Gasteiger partial charge < -0.3 is 10.2 Å². The van der Waals surface area contributed by atoms with Gasteiger partial charge in [0.1, 0.15) is 0 Å². The maximum Gasteiger partial charge on any atom is 0.0128 e. The second-order valence-corrected chi connectivity index (χ2v) is 7.40. The molecule has 3 saturated heterocycles. The molecular weight excluding hydrogens is 246 g/mol. The van der Waals surface area contributed by atoms with Crippen molar-refractivity contribution in [1.29, 1.82) is 0 Å². The zero-order chi connectivity index (χ0) is 14.1. The van der Waals surface area contributed by atoms with E-state index in [0.29, 0.717) is 0 Å². The highest BCUT2D eigenvalue weighted by molar-refractivity contribution is 4.97. The van der Waals surface area contributed by atoms with Gasteiger partial charge in [-0.3, -0.25) is 4.90 Å². The molecule has 3 heterocycles. The second-order valence-electron chi connectivity index (χ2n) is 7.40. The average molecular weight is 279 g/mol. The van der Waals surface area contributed by atoms with E-state index in [2.05, 4.69) is 36.0 Å². The van der Waals surface area contributed by atoms with Gasteiger partial charge in [0.2, 0.25) is 0 Å². The Hall–Kier alpha value is -0.120. The summed E-state index contributed by atoms with van der Waals surface area (Å²) in [5.41, 5.74) is 0. The number of piperidine rings is 3. The van der Waals surface area contributed by atoms with Gasteiger partial charge >= 0.3 is 0 Å². The van der Waals surface area contributed by atoms with Gasteiger partial charge in [-0.2, -0.15) is 0 Å². The van der Waals surface area contributed by atoms with Crippen LogP contribution in [0, 0.1) is 0 Å². The molecule has 2 bridgehead atoms. The van der Waals surface area contributed by atoms with Gasteiger partial charge in [0.15, 0.2) is 0 Å². The van der Waals surface area contributed by atoms with Crippen molar-refractivity contribution < 1.29 is 0 Å². The summed E-state index contributed by atoms with van der Waals surface area (Å²) in [6.45, 7) is 7.12. The van der Waals surface area contributed by atoms with E-state index in [1.165, 1.54) is 51.5 Å². The van der Waals surface area contributed by atoms with Gasteiger partial charge in [0, 0.05) is 36.8 Å². The number of nitrogens with zero attached hydrogens (tertiary/aromatic N) is 2. The first-order valence-corrected chi connectivity index (χ1v) is 8.90. The minimum atomic E-state index is 0.761. The third kappa shape index (κ3) is 2.90. The van der Waals surface area contributed by atoms with Crippen LogP contribution in [0.4, 0.5) is 0 Å². The van der Waals surface area contributed by atoms with Crippen molar-refractivity contribution in [1.82, 2.24) is 15.1 Å². The molecule has 0 spiro atoms. The molecule has 0 aliphatic carbocycles. The molecule has 4 atom stereocenters. The summed E-state index contributed by atoms with van der Waals surface area (Å²) in [6, 6.07) is 4.12. The van der Waals surface area contributed by atoms with Gasteiger partial charge in [0.05, 0.1) is 0 Å². The van der Waals surface area contributed by atoms with Crippen molar-refractivity contribution in [3.05, 3.63) is 0 Å². The highest BCUT2D eigenvalue weighted by atomic mass is 15.3. The lowest BCUT2D eigenvalue weighted by atomic mass is 9.80. The lowest BCUT2D eigenvalue weighted by Crippen LogP contribution is -2.59. The van der Waals surface area contributed by atoms with Gasteiger partial charge in [-0.1, -0.05) is 13.3 Å². The first kappa shape index (κ1) is 14.8. The largest absolute Gasteiger partial charge is 0.314 e. The van der Waals surface area contributed by atoms with Crippen LogP contribution >= 0.6 is 0 Å². The third-order valence-electron chi connectivity index (χ3n) is 6.20. The van der Waals surface area contributed by atoms with E-state index in [1.54, 1.807) is 0 Å². The molecule has 3 heteroatoms. The van der Waals surface area contributed by atoms with Gasteiger partial charge in [0.25, 0.3) is 0 Å². The maximum atomic E-state index is 3.65. The molecule has 0 amide bonds. The minimum absolute atomic E-state index is 0.761. The van der Waals surface area contributed by atoms with Crippen LogP contribution in [0.3, 0.4) is 0 Å². The van der Waals surface area contributed by atoms with E-state index in [1.807, 2.05) is 0 Å². The standard InChI is InChI=1S/C17H33N3/c1-4-18-14-8-9-20(13(2)10-14)17-11-15-6-5-7-16(12-17)19(15)3/h13-18H,4-12H2,1-3H3. The molecule has 0 aromatic rings. The van der Waals surface area contributed by atoms with Crippen LogP contribution in [0.2, 0.25) is 0 Å². The number of hydrogen-bond donors (Lipinski definition) is 1. The Morgan fingerprint density at radius 1 is 1.00 bits per heavy atom. The Balaban J connectivity index is 1.60. The molecule has 4 unspecified atom stereocenters. The van der Waals surface area contributed by atoms with Crippen LogP contribution in [0.15, 0.2) is 0 Å². The highest BCUT2D eigenvalue weighted by Gasteiger charge is 2.40. The van der Waals surface area contributed by atoms with Crippen molar-refractivity contribution in [2.45, 2.75) is 89.0 Å². The number of likely N-dealkylation sites (tertiary alicyclic amines) is 1. The van der Waals surface area contributed by atoms with E-state index in [9.17, 15) is 0 Å². The number of nitrogens with one attached hydrogen (secondary N) is 1. The molecule has 3 aliphatic heterocycles. The molecule has 20 heavy (non-hydrogen) atoms. The summed E-state index contributed by atoms with van der Waals surface area (Å²) < 4.78 is 0. The van der Waals surface area contributed by atoms with Crippen LogP contribution < -0.4 is 5.32 Å². The van der Waals surface area contributed by atoms with Gasteiger partial charge in [-0.15, -0.1) is 0 Å². The molecule has 0 aromatic carbocycles. The van der Waals surface area contributed by atoms with Crippen molar-refractivity contribution in [2.24, 2.45) is 0 Å². The fourth-order valence-corrected chi connectivity index (χ4v) is 5.06. The Kier molecular flexibility index (Phi) is 4.68. The average Bonchev–Trinajstić information content (AvgIpc) is 2.39. The Labute approximate surface area is 125 Å². The van der Waals surface area contributed by atoms with E-state index in [0.717, 1.165) is 36.8 Å². The summed E-state index contributed by atoms with van der Waals surface area (Å²) in [6.07, 6.45) is 9.86. The maximum absolute atomic E-state index is 3.65. The summed E-state index contributed by atoms with van der Waals surface area (Å²) in [5, 5.41) is 3.65. The Bertz CT molecular complexity index is 305. The molecular formula is C17H33N3. The van der Waals surface area contributed by atoms with Crippen molar-refractivity contribution >= 4 is 0 Å². The minimum Gasteiger partial charge on any atom is -0.314 e. The predicted molar refractivity (Wildman–Crippen MR) is 85.1 cm³/mol. The third-order valence-corrected chi connectivity index (χ3v) is 6.20. The molecule has 0 radical (unpaired) electrons. The zero-order valence-corrected chi connectivity index (χ0v) is 13.6. The van der Waals surface area contributed by atoms with E-state index in [4.69, 9.17) is 0 Å². The number of fused-ring (bicyclic) bond motifs is 2. The van der Waals surface area contributed by atoms with Crippen LogP contribution in [-0.2, 0) is 0 Å². The zero-order valence-electron chi connectivity index (χ0n) is 13.6. The smallest absolute Gasteiger partial charge is 0.0128 e. The van der Waals surface area contributed by atoms with Gasteiger partial charge in [-0.05, 0) is 59.0 Å². The molecule has 1 N–H and O–H groups in total. The summed E-state index contributed by atoms with van der Waals surface area (Å²) in [7, 11) is 2.37. The SMILES string of the molecule is CCNC1CCN(C2CC3CCCC(C2)N3C)C(C)C1. The second kappa shape index (κ2) is 6.33. The number of rotatable bonds is 3. The lowest BCUT2D eigenvalue weighted by Gasteiger charge is -2.52. The lowest BCUT2D eigenvalue weighted by molar-refractivity contribution is -0.0157. The normalized spacial score (nSPS) is 43.6. The summed E-state index contributed by atoms with van der Waals surface area (Å²) in [4.78, 5) is 5.54. The topological polar surface area (TPSA) is 18.5 Å².